The summed E-state index contributed by atoms with van der Waals surface area (Å²) in [5, 5.41) is 8.17. The van der Waals surface area contributed by atoms with Gasteiger partial charge in [-0.25, -0.2) is 4.79 Å². The number of aromatic nitrogens is 3. The molecule has 0 radical (unpaired) electrons. The first-order valence-corrected chi connectivity index (χ1v) is 8.52. The lowest BCUT2D eigenvalue weighted by Gasteiger charge is -2.40. The summed E-state index contributed by atoms with van der Waals surface area (Å²) in [6.07, 6.45) is 4.56. The summed E-state index contributed by atoms with van der Waals surface area (Å²) in [5.74, 6) is 0.861. The Morgan fingerprint density at radius 2 is 1.96 bits per heavy atom. The van der Waals surface area contributed by atoms with Gasteiger partial charge in [0.15, 0.2) is 0 Å². The minimum absolute atomic E-state index is 0.110. The van der Waals surface area contributed by atoms with Crippen LogP contribution in [-0.4, -0.2) is 74.5 Å². The van der Waals surface area contributed by atoms with Crippen molar-refractivity contribution in [2.45, 2.75) is 24.9 Å². The second-order valence-corrected chi connectivity index (χ2v) is 6.76. The zero-order valence-corrected chi connectivity index (χ0v) is 14.8. The third-order valence-corrected chi connectivity index (χ3v) is 5.34. The van der Waals surface area contributed by atoms with E-state index >= 15 is 0 Å². The summed E-state index contributed by atoms with van der Waals surface area (Å²) in [4.78, 5) is 33.6. The monoisotopic (exact) mass is 356 g/mol. The second-order valence-electron chi connectivity index (χ2n) is 6.76. The van der Waals surface area contributed by atoms with Crippen molar-refractivity contribution in [1.29, 1.82) is 0 Å². The molecule has 0 saturated carbocycles. The first-order chi connectivity index (χ1) is 12.5. The van der Waals surface area contributed by atoms with Gasteiger partial charge >= 0.3 is 6.03 Å². The predicted molar refractivity (Wildman–Crippen MR) is 90.7 cm³/mol. The first-order valence-electron chi connectivity index (χ1n) is 8.52. The fourth-order valence-electron chi connectivity index (χ4n) is 3.70. The number of hydrogen-bond acceptors (Lipinski definition) is 7. The van der Waals surface area contributed by atoms with Gasteiger partial charge in [0, 0.05) is 39.6 Å². The van der Waals surface area contributed by atoms with E-state index < -0.39 is 5.54 Å². The topological polar surface area (TPSA) is 95.7 Å². The summed E-state index contributed by atoms with van der Waals surface area (Å²) in [6.45, 7) is 1.88. The Labute approximate surface area is 150 Å². The van der Waals surface area contributed by atoms with Crippen molar-refractivity contribution in [3.63, 3.8) is 0 Å². The quantitative estimate of drug-likeness (QED) is 0.757. The van der Waals surface area contributed by atoms with E-state index in [4.69, 9.17) is 4.42 Å². The first kappa shape index (κ1) is 16.6. The molecule has 0 bridgehead atoms. The van der Waals surface area contributed by atoms with Crippen LogP contribution < -0.4 is 0 Å². The normalized spacial score (nSPS) is 20.4. The van der Waals surface area contributed by atoms with Gasteiger partial charge in [0.2, 0.25) is 11.8 Å². The highest BCUT2D eigenvalue weighted by Gasteiger charge is 2.55. The smallest absolute Gasteiger partial charge is 0.327 e. The van der Waals surface area contributed by atoms with Crippen LogP contribution in [0.2, 0.25) is 0 Å². The molecule has 1 spiro atoms. The van der Waals surface area contributed by atoms with Crippen LogP contribution in [0.25, 0.3) is 11.5 Å². The van der Waals surface area contributed by atoms with Crippen molar-refractivity contribution in [3.8, 4) is 11.5 Å². The summed E-state index contributed by atoms with van der Waals surface area (Å²) in [5.41, 5.74) is 0.0708. The molecule has 2 aliphatic heterocycles. The average molecular weight is 356 g/mol. The average Bonchev–Trinajstić information content (AvgIpc) is 3.20. The van der Waals surface area contributed by atoms with Crippen molar-refractivity contribution in [1.82, 2.24) is 29.9 Å². The Hall–Kier alpha value is -2.81. The Morgan fingerprint density at radius 3 is 2.58 bits per heavy atom. The van der Waals surface area contributed by atoms with Crippen LogP contribution in [0.1, 0.15) is 18.7 Å². The fraction of sp³-hybridized carbons (Fsp3) is 0.471. The Balaban J connectivity index is 1.41. The number of carbonyl (C=O) groups is 2. The van der Waals surface area contributed by atoms with Gasteiger partial charge < -0.3 is 9.32 Å². The number of carbonyl (C=O) groups excluding carboxylic acids is 2. The van der Waals surface area contributed by atoms with E-state index in [1.807, 2.05) is 12.1 Å². The molecule has 0 atom stereocenters. The van der Waals surface area contributed by atoms with E-state index in [9.17, 15) is 9.59 Å². The summed E-state index contributed by atoms with van der Waals surface area (Å²) in [7, 11) is 3.25. The summed E-state index contributed by atoms with van der Waals surface area (Å²) >= 11 is 0. The molecule has 26 heavy (non-hydrogen) atoms. The number of urea groups is 1. The van der Waals surface area contributed by atoms with Crippen LogP contribution in [-0.2, 0) is 11.3 Å². The lowest BCUT2D eigenvalue weighted by atomic mass is 9.86. The molecule has 4 heterocycles. The third-order valence-electron chi connectivity index (χ3n) is 5.34. The molecule has 2 aromatic heterocycles. The second kappa shape index (κ2) is 6.17. The Morgan fingerprint density at radius 1 is 1.19 bits per heavy atom. The number of piperidine rings is 1. The van der Waals surface area contributed by atoms with Crippen LogP contribution >= 0.6 is 0 Å². The molecule has 2 aromatic rings. The third kappa shape index (κ3) is 2.55. The van der Waals surface area contributed by atoms with Crippen LogP contribution in [0.3, 0.4) is 0 Å². The summed E-state index contributed by atoms with van der Waals surface area (Å²) < 4.78 is 5.72. The molecule has 2 aliphatic rings. The molecule has 2 fully saturated rings. The highest BCUT2D eigenvalue weighted by Crippen LogP contribution is 2.35. The van der Waals surface area contributed by atoms with E-state index in [-0.39, 0.29) is 11.9 Å². The zero-order chi connectivity index (χ0) is 18.3. The van der Waals surface area contributed by atoms with Crippen molar-refractivity contribution in [3.05, 3.63) is 30.4 Å². The number of rotatable bonds is 3. The number of nitrogens with zero attached hydrogens (tertiary/aromatic N) is 6. The van der Waals surface area contributed by atoms with Crippen molar-refractivity contribution in [2.24, 2.45) is 0 Å². The highest BCUT2D eigenvalue weighted by molar-refractivity contribution is 6.06. The molecule has 0 aromatic carbocycles. The number of likely N-dealkylation sites (N-methyl/N-ethyl adjacent to an activating group) is 2. The SMILES string of the molecule is CN1C(=O)N(C)C2(CCN(Cc3nnc(-c4cccnc4)o3)CC2)C1=O. The molecule has 0 unspecified atom stereocenters. The van der Waals surface area contributed by atoms with Gasteiger partial charge in [0.25, 0.3) is 5.91 Å². The maximum absolute atomic E-state index is 12.5. The van der Waals surface area contributed by atoms with Gasteiger partial charge in [-0.15, -0.1) is 10.2 Å². The zero-order valence-electron chi connectivity index (χ0n) is 14.8. The van der Waals surface area contributed by atoms with Gasteiger partial charge in [-0.1, -0.05) is 0 Å². The molecule has 0 N–H and O–H groups in total. The van der Waals surface area contributed by atoms with Gasteiger partial charge in [-0.3, -0.25) is 19.6 Å². The highest BCUT2D eigenvalue weighted by atomic mass is 16.4. The lowest BCUT2D eigenvalue weighted by Crippen LogP contribution is -2.55. The Kier molecular flexibility index (Phi) is 3.95. The van der Waals surface area contributed by atoms with E-state index in [0.717, 1.165) is 5.56 Å². The van der Waals surface area contributed by atoms with Crippen LogP contribution in [0.5, 0.6) is 0 Å². The maximum atomic E-state index is 12.5. The van der Waals surface area contributed by atoms with Gasteiger partial charge in [0.1, 0.15) is 5.54 Å². The predicted octanol–water partition coefficient (Wildman–Crippen LogP) is 0.990. The van der Waals surface area contributed by atoms with Crippen LogP contribution in [0.15, 0.2) is 28.9 Å². The molecule has 136 valence electrons. The number of hydrogen-bond donors (Lipinski definition) is 0. The molecular formula is C17H20N6O3. The molecule has 9 heteroatoms. The van der Waals surface area contributed by atoms with E-state index in [1.54, 1.807) is 31.4 Å². The molecule has 2 saturated heterocycles. The molecule has 9 nitrogen and oxygen atoms in total. The fourth-order valence-corrected chi connectivity index (χ4v) is 3.70. The van der Waals surface area contributed by atoms with Crippen molar-refractivity contribution >= 4 is 11.9 Å². The molecule has 4 rings (SSSR count). The number of likely N-dealkylation sites (tertiary alicyclic amines) is 1. The van der Waals surface area contributed by atoms with E-state index in [1.165, 1.54) is 4.90 Å². The molecule has 3 amide bonds. The molecular weight excluding hydrogens is 336 g/mol. The largest absolute Gasteiger partial charge is 0.419 e. The van der Waals surface area contributed by atoms with Gasteiger partial charge in [-0.2, -0.15) is 0 Å². The summed E-state index contributed by atoms with van der Waals surface area (Å²) in [6, 6.07) is 3.45. The van der Waals surface area contributed by atoms with E-state index in [2.05, 4.69) is 20.1 Å². The van der Waals surface area contributed by atoms with Gasteiger partial charge in [0.05, 0.1) is 12.1 Å². The standard InChI is InChI=1S/C17H20N6O3/c1-21-15(24)17(22(2)16(21)25)5-8-23(9-6-17)11-13-19-20-14(26-13)12-4-3-7-18-10-12/h3-4,7,10H,5-6,8-9,11H2,1-2H3. The Bertz CT molecular complexity index is 828. The minimum atomic E-state index is -0.710. The van der Waals surface area contributed by atoms with Crippen LogP contribution in [0.4, 0.5) is 4.79 Å². The molecule has 0 aliphatic carbocycles. The van der Waals surface area contributed by atoms with E-state index in [0.29, 0.717) is 44.3 Å². The lowest BCUT2D eigenvalue weighted by molar-refractivity contribution is -0.134. The number of imide groups is 1. The van der Waals surface area contributed by atoms with Crippen molar-refractivity contribution in [2.75, 3.05) is 27.2 Å². The van der Waals surface area contributed by atoms with Crippen LogP contribution in [0, 0.1) is 0 Å². The maximum Gasteiger partial charge on any atom is 0.327 e. The number of pyridine rings is 1. The van der Waals surface area contributed by atoms with Crippen molar-refractivity contribution < 1.29 is 14.0 Å². The minimum Gasteiger partial charge on any atom is -0.419 e. The van der Waals surface area contributed by atoms with Gasteiger partial charge in [-0.05, 0) is 25.0 Å². The number of amides is 3.